The molecule has 1 aromatic carbocycles. The number of anilines is 1. The van der Waals surface area contributed by atoms with Crippen molar-refractivity contribution in [2.45, 2.75) is 6.18 Å². The van der Waals surface area contributed by atoms with Gasteiger partial charge in [-0.05, 0) is 12.1 Å². The molecule has 2 rings (SSSR count). The fraction of sp³-hybridized carbons (Fsp3) is 0.462. The Labute approximate surface area is 119 Å². The molecule has 0 saturated carbocycles. The molecule has 1 aromatic rings. The smallest absolute Gasteiger partial charge is 0.401 e. The first-order valence-electron chi connectivity index (χ1n) is 6.44. The van der Waals surface area contributed by atoms with Crippen LogP contribution >= 0.6 is 0 Å². The molecule has 8 heteroatoms. The molecule has 0 radical (unpaired) electrons. The third kappa shape index (κ3) is 3.78. The Hall–Kier alpha value is -1.96. The number of carbonyl (C=O) groups excluding carboxylic acids is 1. The fourth-order valence-corrected chi connectivity index (χ4v) is 2.27. The summed E-state index contributed by atoms with van der Waals surface area (Å²) in [7, 11) is 0. The molecule has 0 unspecified atom stereocenters. The highest BCUT2D eigenvalue weighted by Gasteiger charge is 2.33. The molecule has 0 aliphatic carbocycles. The molecule has 1 aliphatic rings. The molecule has 5 nitrogen and oxygen atoms in total. The van der Waals surface area contributed by atoms with Crippen LogP contribution in [0.25, 0.3) is 0 Å². The molecular formula is C13H16F3N3O2. The second kappa shape index (κ2) is 5.80. The number of nitrogen functional groups attached to an aromatic ring is 1. The van der Waals surface area contributed by atoms with Gasteiger partial charge in [0.2, 0.25) is 0 Å². The summed E-state index contributed by atoms with van der Waals surface area (Å²) in [6.45, 7) is -0.312. The Morgan fingerprint density at radius 3 is 2.43 bits per heavy atom. The van der Waals surface area contributed by atoms with Crippen LogP contribution in [-0.2, 0) is 0 Å². The minimum atomic E-state index is -4.24. The second-order valence-electron chi connectivity index (χ2n) is 4.93. The quantitative estimate of drug-likeness (QED) is 0.638. The number of amides is 1. The number of aromatic hydroxyl groups is 1. The normalized spacial score (nSPS) is 17.0. The number of nitrogens with zero attached hydrogens (tertiary/aromatic N) is 2. The van der Waals surface area contributed by atoms with Gasteiger partial charge in [0, 0.05) is 26.2 Å². The minimum absolute atomic E-state index is 0.0688. The molecule has 3 N–H and O–H groups in total. The third-order valence-electron chi connectivity index (χ3n) is 3.36. The van der Waals surface area contributed by atoms with Crippen LogP contribution in [0.1, 0.15) is 10.4 Å². The molecule has 1 amide bonds. The highest BCUT2D eigenvalue weighted by Crippen LogP contribution is 2.26. The van der Waals surface area contributed by atoms with Gasteiger partial charge in [-0.25, -0.2) is 0 Å². The molecule has 0 spiro atoms. The molecular weight excluding hydrogens is 287 g/mol. The number of piperazine rings is 1. The Balaban J connectivity index is 1.99. The van der Waals surface area contributed by atoms with Crippen LogP contribution in [0.2, 0.25) is 0 Å². The molecule has 1 fully saturated rings. The fourth-order valence-electron chi connectivity index (χ4n) is 2.27. The molecule has 0 bridgehead atoms. The van der Waals surface area contributed by atoms with Crippen LogP contribution < -0.4 is 5.73 Å². The first kappa shape index (κ1) is 15.4. The minimum Gasteiger partial charge on any atom is -0.505 e. The Bertz CT molecular complexity index is 526. The van der Waals surface area contributed by atoms with Crippen LogP contribution in [0, 0.1) is 0 Å². The average Bonchev–Trinajstić information content (AvgIpc) is 2.40. The maximum atomic E-state index is 12.3. The van der Waals surface area contributed by atoms with Crippen molar-refractivity contribution >= 4 is 11.6 Å². The van der Waals surface area contributed by atoms with Crippen molar-refractivity contribution in [3.05, 3.63) is 23.8 Å². The molecule has 116 valence electrons. The molecule has 21 heavy (non-hydrogen) atoms. The largest absolute Gasteiger partial charge is 0.505 e. The summed E-state index contributed by atoms with van der Waals surface area (Å²) in [5.41, 5.74) is 5.69. The van der Waals surface area contributed by atoms with Gasteiger partial charge in [0.05, 0.1) is 17.8 Å². The summed E-state index contributed by atoms with van der Waals surface area (Å²) in [6.07, 6.45) is -4.24. The first-order chi connectivity index (χ1) is 9.78. The van der Waals surface area contributed by atoms with Crippen LogP contribution in [0.4, 0.5) is 18.9 Å². The maximum absolute atomic E-state index is 12.3. The average molecular weight is 303 g/mol. The summed E-state index contributed by atoms with van der Waals surface area (Å²) in [5, 5.41) is 9.77. The summed E-state index contributed by atoms with van der Waals surface area (Å²) in [5.74, 6) is -0.716. The maximum Gasteiger partial charge on any atom is 0.401 e. The predicted octanol–water partition coefficient (Wildman–Crippen LogP) is 1.29. The monoisotopic (exact) mass is 303 g/mol. The van der Waals surface area contributed by atoms with E-state index in [-0.39, 0.29) is 43.2 Å². The van der Waals surface area contributed by atoms with Crippen molar-refractivity contribution in [3.63, 3.8) is 0 Å². The number of phenolic OH excluding ortho intramolecular Hbond substituents is 1. The molecule has 0 aromatic heterocycles. The van der Waals surface area contributed by atoms with Gasteiger partial charge < -0.3 is 15.7 Å². The first-order valence-corrected chi connectivity index (χ1v) is 6.44. The van der Waals surface area contributed by atoms with E-state index in [0.717, 1.165) is 0 Å². The lowest BCUT2D eigenvalue weighted by molar-refractivity contribution is -0.148. The lowest BCUT2D eigenvalue weighted by Gasteiger charge is -2.35. The SMILES string of the molecule is Nc1cccc(C(=O)N2CCN(CC(F)(F)F)CC2)c1O. The van der Waals surface area contributed by atoms with Gasteiger partial charge in [-0.3, -0.25) is 9.69 Å². The van der Waals surface area contributed by atoms with E-state index < -0.39 is 18.6 Å². The van der Waals surface area contributed by atoms with E-state index in [4.69, 9.17) is 5.73 Å². The topological polar surface area (TPSA) is 69.8 Å². The van der Waals surface area contributed by atoms with Gasteiger partial charge in [0.1, 0.15) is 0 Å². The van der Waals surface area contributed by atoms with E-state index in [9.17, 15) is 23.1 Å². The zero-order valence-corrected chi connectivity index (χ0v) is 11.2. The number of alkyl halides is 3. The number of carbonyl (C=O) groups is 1. The zero-order valence-electron chi connectivity index (χ0n) is 11.2. The molecule has 1 saturated heterocycles. The van der Waals surface area contributed by atoms with Gasteiger partial charge in [0.25, 0.3) is 5.91 Å². The van der Waals surface area contributed by atoms with Gasteiger partial charge >= 0.3 is 6.18 Å². The summed E-state index contributed by atoms with van der Waals surface area (Å²) < 4.78 is 36.9. The van der Waals surface area contributed by atoms with Crippen LogP contribution in [0.3, 0.4) is 0 Å². The number of phenols is 1. The standard InChI is InChI=1S/C13H16F3N3O2/c14-13(15,16)8-18-4-6-19(7-5-18)12(21)9-2-1-3-10(17)11(9)20/h1-3,20H,4-8,17H2. The Morgan fingerprint density at radius 2 is 1.86 bits per heavy atom. The van der Waals surface area contributed by atoms with E-state index in [1.807, 2.05) is 0 Å². The summed E-state index contributed by atoms with van der Waals surface area (Å²) in [6, 6.07) is 4.45. The number of hydrogen-bond acceptors (Lipinski definition) is 4. The Kier molecular flexibility index (Phi) is 4.26. The van der Waals surface area contributed by atoms with Crippen molar-refractivity contribution in [3.8, 4) is 5.75 Å². The Morgan fingerprint density at radius 1 is 1.24 bits per heavy atom. The number of benzene rings is 1. The highest BCUT2D eigenvalue weighted by molar-refractivity contribution is 5.98. The highest BCUT2D eigenvalue weighted by atomic mass is 19.4. The van der Waals surface area contributed by atoms with E-state index in [0.29, 0.717) is 0 Å². The van der Waals surface area contributed by atoms with E-state index >= 15 is 0 Å². The van der Waals surface area contributed by atoms with Gasteiger partial charge in [-0.15, -0.1) is 0 Å². The van der Waals surface area contributed by atoms with Crippen molar-refractivity contribution in [1.29, 1.82) is 0 Å². The van der Waals surface area contributed by atoms with Gasteiger partial charge in [-0.2, -0.15) is 13.2 Å². The van der Waals surface area contributed by atoms with Crippen LogP contribution in [-0.4, -0.2) is 59.7 Å². The number of hydrogen-bond donors (Lipinski definition) is 2. The summed E-state index contributed by atoms with van der Waals surface area (Å²) in [4.78, 5) is 14.9. The predicted molar refractivity (Wildman–Crippen MR) is 70.9 cm³/mol. The second-order valence-corrected chi connectivity index (χ2v) is 4.93. The van der Waals surface area contributed by atoms with Gasteiger partial charge in [-0.1, -0.05) is 6.07 Å². The van der Waals surface area contributed by atoms with E-state index in [2.05, 4.69) is 0 Å². The third-order valence-corrected chi connectivity index (χ3v) is 3.36. The van der Waals surface area contributed by atoms with Crippen molar-refractivity contribution in [2.24, 2.45) is 0 Å². The number of nitrogens with two attached hydrogens (primary N) is 1. The lowest BCUT2D eigenvalue weighted by Crippen LogP contribution is -2.50. The van der Waals surface area contributed by atoms with Crippen molar-refractivity contribution < 1.29 is 23.1 Å². The van der Waals surface area contributed by atoms with Crippen LogP contribution in [0.5, 0.6) is 5.75 Å². The van der Waals surface area contributed by atoms with E-state index in [1.54, 1.807) is 6.07 Å². The number of para-hydroxylation sites is 1. The van der Waals surface area contributed by atoms with Crippen LogP contribution in [0.15, 0.2) is 18.2 Å². The van der Waals surface area contributed by atoms with Gasteiger partial charge in [0.15, 0.2) is 5.75 Å². The zero-order chi connectivity index (χ0) is 15.6. The van der Waals surface area contributed by atoms with Crippen molar-refractivity contribution in [2.75, 3.05) is 38.5 Å². The van der Waals surface area contributed by atoms with Crippen molar-refractivity contribution in [1.82, 2.24) is 9.80 Å². The lowest BCUT2D eigenvalue weighted by atomic mass is 10.1. The molecule has 1 aliphatic heterocycles. The molecule has 0 atom stereocenters. The van der Waals surface area contributed by atoms with E-state index in [1.165, 1.54) is 21.9 Å². The molecule has 1 heterocycles. The summed E-state index contributed by atoms with van der Waals surface area (Å²) >= 11 is 0. The number of rotatable bonds is 2. The number of halogens is 3.